The van der Waals surface area contributed by atoms with Gasteiger partial charge in [-0.25, -0.2) is 9.97 Å². The Balaban J connectivity index is 1.33. The molecule has 0 bridgehead atoms. The van der Waals surface area contributed by atoms with Crippen LogP contribution in [0.1, 0.15) is 5.56 Å². The lowest BCUT2D eigenvalue weighted by molar-refractivity contribution is 0.859. The number of aromatic nitrogens is 3. The predicted molar refractivity (Wildman–Crippen MR) is 129 cm³/mol. The fourth-order valence-electron chi connectivity index (χ4n) is 3.56. The number of hydrogen-bond acceptors (Lipinski definition) is 6. The van der Waals surface area contributed by atoms with Crippen LogP contribution in [-0.2, 0) is 0 Å². The number of imidazole rings is 1. The van der Waals surface area contributed by atoms with E-state index >= 15 is 0 Å². The third-order valence-electron chi connectivity index (χ3n) is 5.31. The number of nitrogens with one attached hydrogen (secondary N) is 1. The summed E-state index contributed by atoms with van der Waals surface area (Å²) < 4.78 is 1.99. The van der Waals surface area contributed by atoms with Gasteiger partial charge >= 0.3 is 0 Å². The van der Waals surface area contributed by atoms with Crippen LogP contribution in [0.3, 0.4) is 0 Å². The van der Waals surface area contributed by atoms with Gasteiger partial charge in [0.15, 0.2) is 5.13 Å². The second-order valence-electron chi connectivity index (χ2n) is 7.28. The maximum atomic E-state index is 4.82. The van der Waals surface area contributed by atoms with E-state index in [9.17, 15) is 0 Å². The Morgan fingerprint density at radius 1 is 1.00 bits per heavy atom. The molecule has 3 heterocycles. The largest absolute Gasteiger partial charge is 0.370 e. The molecule has 5 nitrogen and oxygen atoms in total. The van der Waals surface area contributed by atoms with Crippen molar-refractivity contribution in [1.82, 2.24) is 14.5 Å². The summed E-state index contributed by atoms with van der Waals surface area (Å²) in [5, 5.41) is 6.56. The number of thiazole rings is 1. The molecule has 1 fully saturated rings. The molecule has 30 heavy (non-hydrogen) atoms. The van der Waals surface area contributed by atoms with Crippen LogP contribution < -0.4 is 10.2 Å². The Morgan fingerprint density at radius 3 is 2.57 bits per heavy atom. The quantitative estimate of drug-likeness (QED) is 0.444. The highest BCUT2D eigenvalue weighted by atomic mass is 32.2. The number of hydrogen-bond donors (Lipinski definition) is 1. The van der Waals surface area contributed by atoms with E-state index in [4.69, 9.17) is 4.98 Å². The maximum Gasteiger partial charge on any atom is 0.187 e. The van der Waals surface area contributed by atoms with Gasteiger partial charge in [0.2, 0.25) is 0 Å². The third-order valence-corrected chi connectivity index (χ3v) is 7.01. The first-order valence-corrected chi connectivity index (χ1v) is 12.0. The van der Waals surface area contributed by atoms with Crippen molar-refractivity contribution in [2.75, 3.05) is 34.8 Å². The van der Waals surface area contributed by atoms with Crippen LogP contribution >= 0.6 is 23.1 Å². The Labute approximate surface area is 184 Å². The molecule has 0 aliphatic carbocycles. The lowest BCUT2D eigenvalue weighted by atomic mass is 10.1. The zero-order valence-corrected chi connectivity index (χ0v) is 18.4. The summed E-state index contributed by atoms with van der Waals surface area (Å²) in [4.78, 5) is 11.4. The van der Waals surface area contributed by atoms with Crippen LogP contribution in [-0.4, -0.2) is 39.1 Å². The molecule has 1 aliphatic heterocycles. The lowest BCUT2D eigenvalue weighted by Crippen LogP contribution is -2.32. The molecule has 1 saturated heterocycles. The number of benzene rings is 2. The molecule has 2 aromatic carbocycles. The van der Waals surface area contributed by atoms with Gasteiger partial charge < -0.3 is 14.8 Å². The molecule has 0 atom stereocenters. The average Bonchev–Trinajstić information content (AvgIpc) is 3.49. The van der Waals surface area contributed by atoms with Crippen LogP contribution in [0, 0.1) is 6.92 Å². The van der Waals surface area contributed by atoms with Crippen LogP contribution in [0.5, 0.6) is 0 Å². The van der Waals surface area contributed by atoms with E-state index in [1.54, 1.807) is 23.9 Å². The zero-order valence-electron chi connectivity index (χ0n) is 16.8. The molecule has 0 unspecified atom stereocenters. The van der Waals surface area contributed by atoms with Gasteiger partial charge in [-0.05, 0) is 36.8 Å². The summed E-state index contributed by atoms with van der Waals surface area (Å²) in [5.74, 6) is 2.40. The highest BCUT2D eigenvalue weighted by molar-refractivity contribution is 7.99. The van der Waals surface area contributed by atoms with E-state index in [2.05, 4.69) is 70.0 Å². The van der Waals surface area contributed by atoms with Gasteiger partial charge in [0.25, 0.3) is 0 Å². The van der Waals surface area contributed by atoms with E-state index in [1.165, 1.54) is 22.8 Å². The van der Waals surface area contributed by atoms with Gasteiger partial charge in [0.1, 0.15) is 0 Å². The normalized spacial score (nSPS) is 14.1. The molecular formula is C23H23N5S2. The van der Waals surface area contributed by atoms with Crippen molar-refractivity contribution in [3.05, 3.63) is 72.1 Å². The molecule has 0 amide bonds. The number of anilines is 3. The van der Waals surface area contributed by atoms with Crippen molar-refractivity contribution in [2.45, 2.75) is 6.92 Å². The van der Waals surface area contributed by atoms with E-state index < -0.39 is 0 Å². The minimum absolute atomic E-state index is 0.915. The smallest absolute Gasteiger partial charge is 0.187 e. The van der Waals surface area contributed by atoms with Crippen molar-refractivity contribution in [1.29, 1.82) is 0 Å². The highest BCUT2D eigenvalue weighted by Gasteiger charge is 2.13. The summed E-state index contributed by atoms with van der Waals surface area (Å²) in [5.41, 5.74) is 6.83. The molecule has 7 heteroatoms. The van der Waals surface area contributed by atoms with E-state index in [1.807, 2.05) is 22.5 Å². The van der Waals surface area contributed by atoms with Gasteiger partial charge in [-0.15, -0.1) is 11.3 Å². The molecule has 4 aromatic rings. The number of aryl methyl sites for hydroxylation is 1. The molecule has 1 N–H and O–H groups in total. The Bertz CT molecular complexity index is 1110. The molecule has 1 aliphatic rings. The van der Waals surface area contributed by atoms with Gasteiger partial charge in [0.05, 0.1) is 12.0 Å². The summed E-state index contributed by atoms with van der Waals surface area (Å²) >= 11 is 3.67. The molecule has 0 spiro atoms. The van der Waals surface area contributed by atoms with Gasteiger partial charge in [-0.3, -0.25) is 0 Å². The first-order valence-electron chi connectivity index (χ1n) is 10.0. The van der Waals surface area contributed by atoms with Crippen molar-refractivity contribution < 1.29 is 0 Å². The van der Waals surface area contributed by atoms with E-state index in [-0.39, 0.29) is 0 Å². The highest BCUT2D eigenvalue weighted by Crippen LogP contribution is 2.31. The molecule has 2 aromatic heterocycles. The minimum atomic E-state index is 0.915. The molecule has 152 valence electrons. The lowest BCUT2D eigenvalue weighted by Gasteiger charge is -2.29. The van der Waals surface area contributed by atoms with Crippen LogP contribution in [0.25, 0.3) is 16.9 Å². The van der Waals surface area contributed by atoms with E-state index in [0.717, 1.165) is 40.9 Å². The van der Waals surface area contributed by atoms with Crippen LogP contribution in [0.2, 0.25) is 0 Å². The van der Waals surface area contributed by atoms with Crippen LogP contribution in [0.15, 0.2) is 66.6 Å². The van der Waals surface area contributed by atoms with Gasteiger partial charge in [-0.1, -0.05) is 18.2 Å². The number of nitrogens with zero attached hydrogens (tertiary/aromatic N) is 4. The summed E-state index contributed by atoms with van der Waals surface area (Å²) in [6, 6.07) is 15.1. The van der Waals surface area contributed by atoms with Gasteiger partial charge in [0, 0.05) is 65.0 Å². The maximum absolute atomic E-state index is 4.82. The average molecular weight is 434 g/mol. The molecular weight excluding hydrogens is 410 g/mol. The topological polar surface area (TPSA) is 46.0 Å². The Hall–Kier alpha value is -2.77. The fourth-order valence-corrected chi connectivity index (χ4v) is 5.19. The van der Waals surface area contributed by atoms with Crippen molar-refractivity contribution in [3.8, 4) is 16.9 Å². The summed E-state index contributed by atoms with van der Waals surface area (Å²) in [6.07, 6.45) is 5.53. The number of thioether (sulfide) groups is 1. The van der Waals surface area contributed by atoms with E-state index in [0.29, 0.717) is 0 Å². The van der Waals surface area contributed by atoms with Crippen molar-refractivity contribution in [2.24, 2.45) is 0 Å². The summed E-state index contributed by atoms with van der Waals surface area (Å²) in [6.45, 7) is 4.37. The monoisotopic (exact) mass is 433 g/mol. The first-order chi connectivity index (χ1) is 14.8. The van der Waals surface area contributed by atoms with Crippen molar-refractivity contribution in [3.63, 3.8) is 0 Å². The zero-order chi connectivity index (χ0) is 20.3. The standard InChI is InChI=1S/C23H23N5S2/c1-17-2-5-20(27-10-12-29-13-11-27)14-21(17)25-23-26-22(15-30-23)18-3-6-19(7-4-18)28-9-8-24-16-28/h2-9,14-16H,10-13H2,1H3,(H,25,26). The van der Waals surface area contributed by atoms with Gasteiger partial charge in [-0.2, -0.15) is 11.8 Å². The predicted octanol–water partition coefficient (Wildman–Crippen LogP) is 5.60. The Kier molecular flexibility index (Phi) is 5.46. The molecule has 0 radical (unpaired) electrons. The fraction of sp³-hybridized carbons (Fsp3) is 0.217. The minimum Gasteiger partial charge on any atom is -0.370 e. The number of rotatable bonds is 5. The second kappa shape index (κ2) is 8.53. The SMILES string of the molecule is Cc1ccc(N2CCSCC2)cc1Nc1nc(-c2ccc(-n3ccnc3)cc2)cs1. The Morgan fingerprint density at radius 2 is 1.80 bits per heavy atom. The summed E-state index contributed by atoms with van der Waals surface area (Å²) in [7, 11) is 0. The third kappa shape index (κ3) is 4.08. The molecule has 5 rings (SSSR count). The van der Waals surface area contributed by atoms with Crippen LogP contribution in [0.4, 0.5) is 16.5 Å². The second-order valence-corrected chi connectivity index (χ2v) is 9.36. The molecule has 0 saturated carbocycles. The first kappa shape index (κ1) is 19.2. The van der Waals surface area contributed by atoms with Crippen molar-refractivity contribution >= 4 is 39.6 Å².